The van der Waals surface area contributed by atoms with Crippen LogP contribution in [-0.2, 0) is 12.1 Å². The van der Waals surface area contributed by atoms with Crippen molar-refractivity contribution < 1.29 is 5.11 Å². The Kier molecular flexibility index (Phi) is 4.19. The first-order chi connectivity index (χ1) is 8.96. The molecule has 0 aliphatic rings. The molecule has 2 rings (SSSR count). The first kappa shape index (κ1) is 14.4. The summed E-state index contributed by atoms with van der Waals surface area (Å²) in [6.07, 6.45) is 2.47. The van der Waals surface area contributed by atoms with Gasteiger partial charge in [-0.1, -0.05) is 42.3 Å². The molecule has 0 saturated heterocycles. The number of nitrogens with zero attached hydrogens (tertiary/aromatic N) is 2. The van der Waals surface area contributed by atoms with Crippen LogP contribution >= 0.6 is 23.2 Å². The van der Waals surface area contributed by atoms with Crippen molar-refractivity contribution in [1.29, 1.82) is 0 Å². The van der Waals surface area contributed by atoms with E-state index < -0.39 is 5.60 Å². The van der Waals surface area contributed by atoms with Gasteiger partial charge in [-0.3, -0.25) is 4.68 Å². The molecule has 1 aromatic carbocycles. The van der Waals surface area contributed by atoms with Crippen molar-refractivity contribution in [3.63, 3.8) is 0 Å². The lowest BCUT2D eigenvalue weighted by Gasteiger charge is -2.25. The summed E-state index contributed by atoms with van der Waals surface area (Å²) in [6.45, 7) is 4.46. The molecule has 19 heavy (non-hydrogen) atoms. The second-order valence-corrected chi connectivity index (χ2v) is 5.49. The molecule has 5 heteroatoms. The highest BCUT2D eigenvalue weighted by Gasteiger charge is 2.32. The molecular formula is C14H16Cl2N2O. The molecule has 0 saturated carbocycles. The summed E-state index contributed by atoms with van der Waals surface area (Å²) in [5, 5.41) is 16.1. The quantitative estimate of drug-likeness (QED) is 0.931. The predicted octanol–water partition coefficient (Wildman–Crippen LogP) is 3.86. The fourth-order valence-corrected chi connectivity index (χ4v) is 2.67. The van der Waals surface area contributed by atoms with Gasteiger partial charge in [0, 0.05) is 11.6 Å². The van der Waals surface area contributed by atoms with Gasteiger partial charge >= 0.3 is 0 Å². The molecule has 1 unspecified atom stereocenters. The minimum absolute atomic E-state index is 0.457. The largest absolute Gasteiger partial charge is 0.379 e. The third-order valence-corrected chi connectivity index (χ3v) is 3.59. The van der Waals surface area contributed by atoms with Crippen LogP contribution in [0.15, 0.2) is 30.5 Å². The molecule has 0 aliphatic heterocycles. The minimum atomic E-state index is -1.23. The standard InChI is InChI=1S/C14H16Cl2N2O/c1-3-7-18-13(12(16)9-17-18)14(2,19)10-5-4-6-11(15)8-10/h4-6,8-9,19H,3,7H2,1-2H3. The topological polar surface area (TPSA) is 38.0 Å². The molecule has 0 fully saturated rings. The van der Waals surface area contributed by atoms with Crippen molar-refractivity contribution in [2.24, 2.45) is 0 Å². The van der Waals surface area contributed by atoms with E-state index in [1.54, 1.807) is 36.0 Å². The lowest BCUT2D eigenvalue weighted by Crippen LogP contribution is -2.27. The number of aromatic nitrogens is 2. The first-order valence-electron chi connectivity index (χ1n) is 6.17. The fraction of sp³-hybridized carbons (Fsp3) is 0.357. The van der Waals surface area contributed by atoms with Crippen LogP contribution in [0, 0.1) is 0 Å². The summed E-state index contributed by atoms with van der Waals surface area (Å²) in [5.74, 6) is 0. The highest BCUT2D eigenvalue weighted by atomic mass is 35.5. The smallest absolute Gasteiger partial charge is 0.130 e. The molecule has 0 radical (unpaired) electrons. The average Bonchev–Trinajstić information content (AvgIpc) is 2.71. The van der Waals surface area contributed by atoms with Crippen LogP contribution in [-0.4, -0.2) is 14.9 Å². The van der Waals surface area contributed by atoms with Gasteiger partial charge in [-0.05, 0) is 31.0 Å². The van der Waals surface area contributed by atoms with Crippen LogP contribution in [0.1, 0.15) is 31.5 Å². The average molecular weight is 299 g/mol. The maximum atomic E-state index is 10.9. The Morgan fingerprint density at radius 3 is 2.74 bits per heavy atom. The second kappa shape index (κ2) is 5.53. The van der Waals surface area contributed by atoms with Crippen LogP contribution in [0.2, 0.25) is 10.0 Å². The molecule has 2 aromatic rings. The van der Waals surface area contributed by atoms with Crippen molar-refractivity contribution in [1.82, 2.24) is 9.78 Å². The summed E-state index contributed by atoms with van der Waals surface area (Å²) < 4.78 is 1.74. The molecule has 1 N–H and O–H groups in total. The van der Waals surface area contributed by atoms with Crippen LogP contribution in [0.3, 0.4) is 0 Å². The number of hydrogen-bond acceptors (Lipinski definition) is 2. The van der Waals surface area contributed by atoms with Gasteiger partial charge in [0.1, 0.15) is 5.60 Å². The van der Waals surface area contributed by atoms with Crippen molar-refractivity contribution in [2.75, 3.05) is 0 Å². The van der Waals surface area contributed by atoms with Gasteiger partial charge in [0.15, 0.2) is 0 Å². The van der Waals surface area contributed by atoms with E-state index >= 15 is 0 Å². The van der Waals surface area contributed by atoms with Crippen molar-refractivity contribution in [3.05, 3.63) is 51.8 Å². The molecule has 0 spiro atoms. The Labute approximate surface area is 122 Å². The van der Waals surface area contributed by atoms with Gasteiger partial charge in [0.2, 0.25) is 0 Å². The lowest BCUT2D eigenvalue weighted by molar-refractivity contribution is 0.0915. The zero-order chi connectivity index (χ0) is 14.0. The number of halogens is 2. The summed E-state index contributed by atoms with van der Waals surface area (Å²) in [6, 6.07) is 7.14. The summed E-state index contributed by atoms with van der Waals surface area (Å²) in [7, 11) is 0. The number of rotatable bonds is 4. The highest BCUT2D eigenvalue weighted by Crippen LogP contribution is 2.34. The van der Waals surface area contributed by atoms with E-state index in [0.29, 0.717) is 27.8 Å². The van der Waals surface area contributed by atoms with Gasteiger partial charge in [0.05, 0.1) is 16.9 Å². The van der Waals surface area contributed by atoms with E-state index in [0.717, 1.165) is 6.42 Å². The van der Waals surface area contributed by atoms with E-state index in [1.165, 1.54) is 0 Å². The third kappa shape index (κ3) is 2.78. The molecule has 102 valence electrons. The third-order valence-electron chi connectivity index (χ3n) is 3.08. The highest BCUT2D eigenvalue weighted by molar-refractivity contribution is 6.31. The minimum Gasteiger partial charge on any atom is -0.379 e. The van der Waals surface area contributed by atoms with Gasteiger partial charge in [-0.2, -0.15) is 5.10 Å². The Balaban J connectivity index is 2.52. The molecule has 0 amide bonds. The Hall–Kier alpha value is -1.03. The summed E-state index contributed by atoms with van der Waals surface area (Å²) >= 11 is 12.2. The SMILES string of the molecule is CCCn1ncc(Cl)c1C(C)(O)c1cccc(Cl)c1. The van der Waals surface area contributed by atoms with E-state index in [-0.39, 0.29) is 0 Å². The number of aryl methyl sites for hydroxylation is 1. The van der Waals surface area contributed by atoms with Gasteiger partial charge < -0.3 is 5.11 Å². The second-order valence-electron chi connectivity index (χ2n) is 4.65. The van der Waals surface area contributed by atoms with E-state index in [1.807, 2.05) is 13.0 Å². The van der Waals surface area contributed by atoms with Gasteiger partial charge in [-0.25, -0.2) is 0 Å². The Bertz CT molecular complexity index is 579. The van der Waals surface area contributed by atoms with Crippen LogP contribution < -0.4 is 0 Å². The maximum Gasteiger partial charge on any atom is 0.130 e. The van der Waals surface area contributed by atoms with E-state index in [4.69, 9.17) is 23.2 Å². The predicted molar refractivity (Wildman–Crippen MR) is 77.7 cm³/mol. The molecular weight excluding hydrogens is 283 g/mol. The molecule has 0 bridgehead atoms. The lowest BCUT2D eigenvalue weighted by atomic mass is 9.92. The normalized spacial score (nSPS) is 14.4. The molecule has 3 nitrogen and oxygen atoms in total. The zero-order valence-electron chi connectivity index (χ0n) is 10.9. The molecule has 0 aliphatic carbocycles. The summed E-state index contributed by atoms with van der Waals surface area (Å²) in [5.41, 5.74) is 0.0613. The van der Waals surface area contributed by atoms with Crippen molar-refractivity contribution in [2.45, 2.75) is 32.4 Å². The Morgan fingerprint density at radius 2 is 2.11 bits per heavy atom. The molecule has 1 aromatic heterocycles. The maximum absolute atomic E-state index is 10.9. The van der Waals surface area contributed by atoms with Gasteiger partial charge in [0.25, 0.3) is 0 Å². The van der Waals surface area contributed by atoms with Crippen LogP contribution in [0.4, 0.5) is 0 Å². The van der Waals surface area contributed by atoms with E-state index in [9.17, 15) is 5.11 Å². The van der Waals surface area contributed by atoms with Crippen LogP contribution in [0.25, 0.3) is 0 Å². The fourth-order valence-electron chi connectivity index (χ4n) is 2.16. The zero-order valence-corrected chi connectivity index (χ0v) is 12.4. The Morgan fingerprint density at radius 1 is 1.37 bits per heavy atom. The van der Waals surface area contributed by atoms with E-state index in [2.05, 4.69) is 5.10 Å². The van der Waals surface area contributed by atoms with Gasteiger partial charge in [-0.15, -0.1) is 0 Å². The number of benzene rings is 1. The first-order valence-corrected chi connectivity index (χ1v) is 6.92. The molecule has 1 atom stereocenters. The van der Waals surface area contributed by atoms with Crippen molar-refractivity contribution >= 4 is 23.2 Å². The summed E-state index contributed by atoms with van der Waals surface area (Å²) in [4.78, 5) is 0. The van der Waals surface area contributed by atoms with Crippen molar-refractivity contribution in [3.8, 4) is 0 Å². The number of aliphatic hydroxyl groups is 1. The van der Waals surface area contributed by atoms with Crippen LogP contribution in [0.5, 0.6) is 0 Å². The monoisotopic (exact) mass is 298 g/mol. The number of hydrogen-bond donors (Lipinski definition) is 1. The molecule has 1 heterocycles.